The number of ether oxygens (including phenoxy) is 2. The number of hydrogen-bond donors (Lipinski definition) is 2. The van der Waals surface area contributed by atoms with Crippen molar-refractivity contribution in [2.75, 3.05) is 13.2 Å². The lowest BCUT2D eigenvalue weighted by molar-refractivity contribution is 0.0864. The summed E-state index contributed by atoms with van der Waals surface area (Å²) in [5.41, 5.74) is 2.95. The van der Waals surface area contributed by atoms with Crippen molar-refractivity contribution in [3.63, 3.8) is 0 Å². The van der Waals surface area contributed by atoms with E-state index in [1.807, 2.05) is 41.8 Å². The molecule has 0 atom stereocenters. The van der Waals surface area contributed by atoms with Gasteiger partial charge in [0.25, 0.3) is 5.91 Å². The molecule has 1 aromatic carbocycles. The highest BCUT2D eigenvalue weighted by Crippen LogP contribution is 2.17. The van der Waals surface area contributed by atoms with Crippen molar-refractivity contribution < 1.29 is 14.3 Å². The molecule has 0 bridgehead atoms. The highest BCUT2D eigenvalue weighted by atomic mass is 32.1. The monoisotopic (exact) mass is 292 g/mol. The Bertz CT molecular complexity index is 542. The van der Waals surface area contributed by atoms with E-state index in [4.69, 9.17) is 15.3 Å². The predicted molar refractivity (Wildman–Crippen MR) is 77.6 cm³/mol. The largest absolute Gasteiger partial charge is 0.491 e. The minimum atomic E-state index is -0.292. The van der Waals surface area contributed by atoms with Gasteiger partial charge in [0.2, 0.25) is 0 Å². The van der Waals surface area contributed by atoms with Gasteiger partial charge in [-0.15, -0.1) is 11.3 Å². The van der Waals surface area contributed by atoms with E-state index in [1.54, 1.807) is 0 Å². The number of nitrogens with two attached hydrogens (primary N) is 1. The number of para-hydroxylation sites is 1. The molecule has 0 radical (unpaired) electrons. The van der Waals surface area contributed by atoms with Crippen molar-refractivity contribution >= 4 is 17.2 Å². The number of rotatable bonds is 7. The third kappa shape index (κ3) is 4.06. The van der Waals surface area contributed by atoms with E-state index in [0.29, 0.717) is 24.7 Å². The summed E-state index contributed by atoms with van der Waals surface area (Å²) in [5, 5.41) is 1.84. The SMILES string of the molecule is NNC(=O)c1sccc1COCCOc1ccccc1. The number of hydrogen-bond acceptors (Lipinski definition) is 5. The maximum Gasteiger partial charge on any atom is 0.275 e. The van der Waals surface area contributed by atoms with Gasteiger partial charge in [-0.25, -0.2) is 5.84 Å². The molecule has 1 amide bonds. The number of benzene rings is 1. The Balaban J connectivity index is 1.71. The fraction of sp³-hybridized carbons (Fsp3) is 0.214. The Morgan fingerprint density at radius 2 is 2.00 bits per heavy atom. The van der Waals surface area contributed by atoms with Crippen LogP contribution < -0.4 is 16.0 Å². The van der Waals surface area contributed by atoms with E-state index in [0.717, 1.165) is 11.3 Å². The first-order chi connectivity index (χ1) is 9.81. The molecule has 0 unspecified atom stereocenters. The zero-order chi connectivity index (χ0) is 14.2. The summed E-state index contributed by atoms with van der Waals surface area (Å²) < 4.78 is 11.0. The minimum absolute atomic E-state index is 0.292. The Hall–Kier alpha value is -1.89. The summed E-state index contributed by atoms with van der Waals surface area (Å²) >= 11 is 1.34. The number of amides is 1. The van der Waals surface area contributed by atoms with E-state index in [2.05, 4.69) is 5.43 Å². The third-order valence-corrected chi connectivity index (χ3v) is 3.54. The standard InChI is InChI=1S/C14H16N2O3S/c15-16-14(17)13-11(6-9-20-13)10-18-7-8-19-12-4-2-1-3-5-12/h1-6,9H,7-8,10,15H2,(H,16,17). The van der Waals surface area contributed by atoms with E-state index in [9.17, 15) is 4.79 Å². The maximum absolute atomic E-state index is 11.5. The molecule has 20 heavy (non-hydrogen) atoms. The molecule has 6 heteroatoms. The van der Waals surface area contributed by atoms with Gasteiger partial charge in [0.15, 0.2) is 0 Å². The van der Waals surface area contributed by atoms with Crippen molar-refractivity contribution in [2.45, 2.75) is 6.61 Å². The predicted octanol–water partition coefficient (Wildman–Crippen LogP) is 1.95. The van der Waals surface area contributed by atoms with Crippen LogP contribution in [0.4, 0.5) is 0 Å². The summed E-state index contributed by atoms with van der Waals surface area (Å²) in [6.07, 6.45) is 0. The van der Waals surface area contributed by atoms with Gasteiger partial charge in [0, 0.05) is 5.56 Å². The quantitative estimate of drug-likeness (QED) is 0.354. The Kier molecular flexibility index (Phi) is 5.55. The normalized spacial score (nSPS) is 10.2. The first-order valence-corrected chi connectivity index (χ1v) is 7.02. The van der Waals surface area contributed by atoms with Crippen LogP contribution in [0.1, 0.15) is 15.2 Å². The van der Waals surface area contributed by atoms with E-state index in [-0.39, 0.29) is 5.91 Å². The van der Waals surface area contributed by atoms with Crippen LogP contribution in [-0.4, -0.2) is 19.1 Å². The maximum atomic E-state index is 11.5. The van der Waals surface area contributed by atoms with Crippen LogP contribution in [0.25, 0.3) is 0 Å². The Morgan fingerprint density at radius 1 is 1.20 bits per heavy atom. The van der Waals surface area contributed by atoms with Crippen LogP contribution in [0, 0.1) is 0 Å². The second-order valence-electron chi connectivity index (χ2n) is 3.96. The van der Waals surface area contributed by atoms with E-state index in [1.165, 1.54) is 11.3 Å². The minimum Gasteiger partial charge on any atom is -0.491 e. The Labute approximate surface area is 121 Å². The summed E-state index contributed by atoms with van der Waals surface area (Å²) in [7, 11) is 0. The van der Waals surface area contributed by atoms with Crippen molar-refractivity contribution in [1.82, 2.24) is 5.43 Å². The summed E-state index contributed by atoms with van der Waals surface area (Å²) in [6, 6.07) is 11.4. The van der Waals surface area contributed by atoms with E-state index >= 15 is 0 Å². The van der Waals surface area contributed by atoms with Gasteiger partial charge in [0.1, 0.15) is 12.4 Å². The lowest BCUT2D eigenvalue weighted by Crippen LogP contribution is -2.30. The second kappa shape index (κ2) is 7.64. The molecule has 0 saturated heterocycles. The first kappa shape index (κ1) is 14.5. The molecule has 1 heterocycles. The highest BCUT2D eigenvalue weighted by molar-refractivity contribution is 7.12. The molecule has 106 valence electrons. The highest BCUT2D eigenvalue weighted by Gasteiger charge is 2.11. The number of thiophene rings is 1. The van der Waals surface area contributed by atoms with Crippen molar-refractivity contribution in [2.24, 2.45) is 5.84 Å². The molecule has 3 N–H and O–H groups in total. The number of carbonyl (C=O) groups excluding carboxylic acids is 1. The van der Waals surface area contributed by atoms with Crippen LogP contribution in [0.2, 0.25) is 0 Å². The zero-order valence-electron chi connectivity index (χ0n) is 10.9. The van der Waals surface area contributed by atoms with Crippen molar-refractivity contribution in [3.05, 3.63) is 52.2 Å². The third-order valence-electron chi connectivity index (χ3n) is 2.58. The molecule has 0 spiro atoms. The molecule has 2 aromatic rings. The van der Waals surface area contributed by atoms with Gasteiger partial charge in [0.05, 0.1) is 18.1 Å². The smallest absolute Gasteiger partial charge is 0.275 e. The lowest BCUT2D eigenvalue weighted by atomic mass is 10.2. The zero-order valence-corrected chi connectivity index (χ0v) is 11.7. The molecule has 5 nitrogen and oxygen atoms in total. The van der Waals surface area contributed by atoms with Crippen LogP contribution in [0.3, 0.4) is 0 Å². The first-order valence-electron chi connectivity index (χ1n) is 6.14. The van der Waals surface area contributed by atoms with E-state index < -0.39 is 0 Å². The molecule has 1 aromatic heterocycles. The average Bonchev–Trinajstić information content (AvgIpc) is 2.95. The fourth-order valence-electron chi connectivity index (χ4n) is 1.63. The van der Waals surface area contributed by atoms with Gasteiger partial charge in [-0.05, 0) is 23.6 Å². The average molecular weight is 292 g/mol. The number of carbonyl (C=O) groups is 1. The van der Waals surface area contributed by atoms with Crippen LogP contribution in [0.15, 0.2) is 41.8 Å². The molecular weight excluding hydrogens is 276 g/mol. The molecule has 2 rings (SSSR count). The fourth-order valence-corrected chi connectivity index (χ4v) is 2.44. The number of hydrazine groups is 1. The summed E-state index contributed by atoms with van der Waals surface area (Å²) in [5.74, 6) is 5.64. The topological polar surface area (TPSA) is 73.6 Å². The summed E-state index contributed by atoms with van der Waals surface area (Å²) in [4.78, 5) is 12.0. The van der Waals surface area contributed by atoms with Crippen molar-refractivity contribution in [3.8, 4) is 5.75 Å². The Morgan fingerprint density at radius 3 is 2.75 bits per heavy atom. The van der Waals surface area contributed by atoms with Crippen LogP contribution in [0.5, 0.6) is 5.75 Å². The molecule has 0 aliphatic rings. The molecular formula is C14H16N2O3S. The van der Waals surface area contributed by atoms with Gasteiger partial charge in [-0.1, -0.05) is 18.2 Å². The number of nitrogens with one attached hydrogen (secondary N) is 1. The number of nitrogen functional groups attached to an aromatic ring is 1. The van der Waals surface area contributed by atoms with Crippen LogP contribution in [-0.2, 0) is 11.3 Å². The van der Waals surface area contributed by atoms with Crippen molar-refractivity contribution in [1.29, 1.82) is 0 Å². The molecule has 0 aliphatic carbocycles. The van der Waals surface area contributed by atoms with Gasteiger partial charge in [-0.2, -0.15) is 0 Å². The van der Waals surface area contributed by atoms with Gasteiger partial charge < -0.3 is 9.47 Å². The summed E-state index contributed by atoms with van der Waals surface area (Å²) in [6.45, 7) is 1.28. The molecule has 0 aliphatic heterocycles. The van der Waals surface area contributed by atoms with Gasteiger partial charge in [-0.3, -0.25) is 10.2 Å². The van der Waals surface area contributed by atoms with Gasteiger partial charge >= 0.3 is 0 Å². The second-order valence-corrected chi connectivity index (χ2v) is 4.88. The molecule has 0 fully saturated rings. The molecule has 0 saturated carbocycles. The van der Waals surface area contributed by atoms with Crippen LogP contribution >= 0.6 is 11.3 Å². The lowest BCUT2D eigenvalue weighted by Gasteiger charge is -2.07.